The molecule has 0 aliphatic carbocycles. The van der Waals surface area contributed by atoms with Crippen LogP contribution in [0.25, 0.3) is 11.0 Å². The van der Waals surface area contributed by atoms with Crippen molar-refractivity contribution in [2.45, 2.75) is 6.42 Å². The van der Waals surface area contributed by atoms with Gasteiger partial charge in [0, 0.05) is 11.8 Å². The van der Waals surface area contributed by atoms with Crippen LogP contribution in [-0.2, 0) is 6.42 Å². The van der Waals surface area contributed by atoms with Crippen molar-refractivity contribution in [1.29, 1.82) is 0 Å². The zero-order valence-electron chi connectivity index (χ0n) is 7.29. The molecule has 0 spiro atoms. The maximum atomic E-state index is 5.62. The maximum Gasteiger partial charge on any atom is 0.133 e. The van der Waals surface area contributed by atoms with Crippen LogP contribution in [0.5, 0.6) is 0 Å². The monoisotopic (exact) mass is 171 g/mol. The predicted octanol–water partition coefficient (Wildman–Crippen LogP) is 0.728. The van der Waals surface area contributed by atoms with Crippen molar-refractivity contribution in [2.75, 3.05) is 6.54 Å². The van der Waals surface area contributed by atoms with Gasteiger partial charge in [0.05, 0.1) is 0 Å². The van der Waals surface area contributed by atoms with E-state index >= 15 is 0 Å². The fraction of sp³-hybridized carbons (Fsp3) is 0.200. The second-order valence-electron chi connectivity index (χ2n) is 3.05. The van der Waals surface area contributed by atoms with E-state index in [4.69, 9.17) is 18.0 Å². The van der Waals surface area contributed by atoms with E-state index in [1.54, 1.807) is 0 Å². The second kappa shape index (κ2) is 3.26. The van der Waals surface area contributed by atoms with E-state index in [1.165, 1.54) is 0 Å². The highest BCUT2D eigenvalue weighted by atomic mass is 16.3. The first-order valence-electron chi connectivity index (χ1n) is 4.27. The largest absolute Gasteiger partial charge is 0.461 e. The molecule has 0 aliphatic heterocycles. The molecule has 2 radical (unpaired) electrons. The molecule has 2 rings (SSSR count). The van der Waals surface area contributed by atoms with Gasteiger partial charge in [-0.05, 0) is 18.7 Å². The molecule has 0 saturated heterocycles. The smallest absolute Gasteiger partial charge is 0.133 e. The number of fused-ring (bicyclic) bond motifs is 1. The Morgan fingerprint density at radius 2 is 2.15 bits per heavy atom. The molecule has 0 unspecified atom stereocenters. The lowest BCUT2D eigenvalue weighted by atomic mass is 9.96. The van der Waals surface area contributed by atoms with Gasteiger partial charge in [0.2, 0.25) is 0 Å². The molecule has 64 valence electrons. The minimum Gasteiger partial charge on any atom is -0.461 e. The summed E-state index contributed by atoms with van der Waals surface area (Å²) >= 11 is 0. The highest BCUT2D eigenvalue weighted by Crippen LogP contribution is 2.17. The lowest BCUT2D eigenvalue weighted by Gasteiger charge is -1.90. The molecule has 1 heterocycles. The van der Waals surface area contributed by atoms with E-state index in [1.807, 2.05) is 24.3 Å². The topological polar surface area (TPSA) is 39.2 Å². The van der Waals surface area contributed by atoms with Gasteiger partial charge in [-0.2, -0.15) is 0 Å². The summed E-state index contributed by atoms with van der Waals surface area (Å²) in [6, 6.07) is 7.65. The molecule has 1 aromatic carbocycles. The summed E-state index contributed by atoms with van der Waals surface area (Å²) in [5, 5.41) is 1.08. The minimum atomic E-state index is 0.606. The molecule has 0 saturated carbocycles. The lowest BCUT2D eigenvalue weighted by molar-refractivity contribution is 0.550. The van der Waals surface area contributed by atoms with Gasteiger partial charge in [0.1, 0.15) is 19.2 Å². The Morgan fingerprint density at radius 1 is 1.31 bits per heavy atom. The molecule has 13 heavy (non-hydrogen) atoms. The molecular formula is C10H10BNO. The Hall–Kier alpha value is -1.22. The molecule has 0 atom stereocenters. The van der Waals surface area contributed by atoms with Gasteiger partial charge in [0.15, 0.2) is 0 Å². The van der Waals surface area contributed by atoms with Crippen LogP contribution in [0.3, 0.4) is 0 Å². The lowest BCUT2D eigenvalue weighted by Crippen LogP contribution is -2.01. The average Bonchev–Trinajstić information content (AvgIpc) is 2.46. The standard InChI is InChI=1S/C10H10BNO/c11-8-2-1-7-5-9(3-4-12)13-10(7)6-8/h1-2,5-6H,3-4,12H2. The van der Waals surface area contributed by atoms with E-state index in [9.17, 15) is 0 Å². The van der Waals surface area contributed by atoms with E-state index in [0.717, 1.165) is 28.6 Å². The summed E-state index contributed by atoms with van der Waals surface area (Å²) in [7, 11) is 5.62. The number of furan rings is 1. The molecule has 0 fully saturated rings. The van der Waals surface area contributed by atoms with Gasteiger partial charge in [-0.3, -0.25) is 0 Å². The van der Waals surface area contributed by atoms with Crippen molar-refractivity contribution < 1.29 is 4.42 Å². The van der Waals surface area contributed by atoms with Crippen LogP contribution >= 0.6 is 0 Å². The van der Waals surface area contributed by atoms with Crippen molar-refractivity contribution in [2.24, 2.45) is 5.73 Å². The van der Waals surface area contributed by atoms with E-state index in [-0.39, 0.29) is 0 Å². The van der Waals surface area contributed by atoms with Crippen LogP contribution in [0, 0.1) is 0 Å². The van der Waals surface area contributed by atoms with Gasteiger partial charge in [-0.1, -0.05) is 17.6 Å². The average molecular weight is 171 g/mol. The molecule has 1 aromatic heterocycles. The molecule has 0 amide bonds. The van der Waals surface area contributed by atoms with E-state index < -0.39 is 0 Å². The molecule has 0 aliphatic rings. The van der Waals surface area contributed by atoms with Crippen molar-refractivity contribution in [3.63, 3.8) is 0 Å². The first-order valence-corrected chi connectivity index (χ1v) is 4.27. The third-order valence-electron chi connectivity index (χ3n) is 1.99. The van der Waals surface area contributed by atoms with Gasteiger partial charge in [0.25, 0.3) is 0 Å². The Kier molecular flexibility index (Phi) is 2.11. The van der Waals surface area contributed by atoms with E-state index in [2.05, 4.69) is 0 Å². The Balaban J connectivity index is 2.49. The summed E-state index contributed by atoms with van der Waals surface area (Å²) in [5.41, 5.74) is 6.99. The predicted molar refractivity (Wildman–Crippen MR) is 54.4 cm³/mol. The van der Waals surface area contributed by atoms with Gasteiger partial charge in [-0.25, -0.2) is 0 Å². The highest BCUT2D eigenvalue weighted by molar-refractivity contribution is 6.33. The van der Waals surface area contributed by atoms with Crippen LogP contribution < -0.4 is 11.2 Å². The molecule has 2 aromatic rings. The fourth-order valence-electron chi connectivity index (χ4n) is 1.37. The zero-order valence-corrected chi connectivity index (χ0v) is 7.29. The Bertz CT molecular complexity index is 422. The van der Waals surface area contributed by atoms with Crippen molar-refractivity contribution in [1.82, 2.24) is 0 Å². The van der Waals surface area contributed by atoms with Crippen LogP contribution in [-0.4, -0.2) is 14.4 Å². The fourth-order valence-corrected chi connectivity index (χ4v) is 1.37. The molecule has 0 bridgehead atoms. The minimum absolute atomic E-state index is 0.606. The van der Waals surface area contributed by atoms with E-state index in [0.29, 0.717) is 6.54 Å². The normalized spacial score (nSPS) is 10.8. The molecule has 3 heteroatoms. The number of hydrogen-bond acceptors (Lipinski definition) is 2. The summed E-state index contributed by atoms with van der Waals surface area (Å²) in [6.45, 7) is 0.606. The summed E-state index contributed by atoms with van der Waals surface area (Å²) in [5.74, 6) is 0.920. The molecule has 2 N–H and O–H groups in total. The van der Waals surface area contributed by atoms with Crippen LogP contribution in [0.15, 0.2) is 28.7 Å². The SMILES string of the molecule is [B]c1ccc2cc(CCN)oc2c1. The Morgan fingerprint density at radius 3 is 2.92 bits per heavy atom. The van der Waals surface area contributed by atoms with Crippen molar-refractivity contribution in [3.8, 4) is 0 Å². The quantitative estimate of drug-likeness (QED) is 0.676. The summed E-state index contributed by atoms with van der Waals surface area (Å²) in [6.07, 6.45) is 0.772. The van der Waals surface area contributed by atoms with Crippen LogP contribution in [0.4, 0.5) is 0 Å². The maximum absolute atomic E-state index is 5.62. The summed E-state index contributed by atoms with van der Waals surface area (Å²) in [4.78, 5) is 0. The van der Waals surface area contributed by atoms with Crippen molar-refractivity contribution >= 4 is 24.3 Å². The number of nitrogens with two attached hydrogens (primary N) is 1. The molecule has 2 nitrogen and oxygen atoms in total. The number of benzene rings is 1. The second-order valence-corrected chi connectivity index (χ2v) is 3.05. The first-order chi connectivity index (χ1) is 6.29. The third-order valence-corrected chi connectivity index (χ3v) is 1.99. The van der Waals surface area contributed by atoms with Crippen molar-refractivity contribution in [3.05, 3.63) is 30.0 Å². The zero-order chi connectivity index (χ0) is 9.26. The Labute approximate surface area is 78.1 Å². The van der Waals surface area contributed by atoms with Crippen LogP contribution in [0.2, 0.25) is 0 Å². The number of hydrogen-bond donors (Lipinski definition) is 1. The van der Waals surface area contributed by atoms with Crippen LogP contribution in [0.1, 0.15) is 5.76 Å². The van der Waals surface area contributed by atoms with Gasteiger partial charge < -0.3 is 10.2 Å². The first kappa shape index (κ1) is 8.39. The third kappa shape index (κ3) is 1.60. The highest BCUT2D eigenvalue weighted by Gasteiger charge is 2.01. The van der Waals surface area contributed by atoms with Gasteiger partial charge in [-0.15, -0.1) is 0 Å². The number of rotatable bonds is 2. The van der Waals surface area contributed by atoms with Gasteiger partial charge >= 0.3 is 0 Å². The molecular weight excluding hydrogens is 161 g/mol. The summed E-state index contributed by atoms with van der Waals surface area (Å²) < 4.78 is 5.53.